The average molecular weight is 360 g/mol. The van der Waals surface area contributed by atoms with Gasteiger partial charge in [0.2, 0.25) is 0 Å². The number of nitrogens with zero attached hydrogens (tertiary/aromatic N) is 5. The Morgan fingerprint density at radius 3 is 2.48 bits per heavy atom. The number of likely N-dealkylation sites (N-methyl/N-ethyl adjacent to an activating group) is 1. The summed E-state index contributed by atoms with van der Waals surface area (Å²) in [4.78, 5) is 2.04. The summed E-state index contributed by atoms with van der Waals surface area (Å²) in [6.45, 7) is 7.55. The maximum Gasteiger partial charge on any atom is 0.178 e. The third kappa shape index (κ3) is 4.02. The van der Waals surface area contributed by atoms with Crippen LogP contribution in [0.3, 0.4) is 0 Å². The molecule has 7 heteroatoms. The highest BCUT2D eigenvalue weighted by Crippen LogP contribution is 2.21. The van der Waals surface area contributed by atoms with Gasteiger partial charge in [0.15, 0.2) is 11.5 Å². The molecule has 2 heterocycles. The smallest absolute Gasteiger partial charge is 0.178 e. The van der Waals surface area contributed by atoms with E-state index in [0.717, 1.165) is 23.0 Å². The van der Waals surface area contributed by atoms with Gasteiger partial charge < -0.3 is 9.64 Å². The van der Waals surface area contributed by atoms with Crippen molar-refractivity contribution in [3.8, 4) is 5.75 Å². The van der Waals surface area contributed by atoms with Crippen LogP contribution in [-0.4, -0.2) is 40.0 Å². The molecule has 6 nitrogen and oxygen atoms in total. The lowest BCUT2D eigenvalue weighted by Crippen LogP contribution is -2.26. The molecule has 3 rings (SSSR count). The van der Waals surface area contributed by atoms with Gasteiger partial charge in [-0.15, -0.1) is 15.3 Å². The number of hydrogen-bond donors (Lipinski definition) is 0. The Morgan fingerprint density at radius 2 is 1.80 bits per heavy atom. The van der Waals surface area contributed by atoms with Gasteiger partial charge in [-0.05, 0) is 36.4 Å². The molecule has 0 aliphatic heterocycles. The van der Waals surface area contributed by atoms with E-state index in [1.165, 1.54) is 0 Å². The molecule has 25 heavy (non-hydrogen) atoms. The van der Waals surface area contributed by atoms with Crippen molar-refractivity contribution < 1.29 is 4.74 Å². The number of hydrogen-bond acceptors (Lipinski definition) is 5. The molecule has 0 unspecified atom stereocenters. The molecule has 2 aromatic heterocycles. The third-order valence-corrected chi connectivity index (χ3v) is 4.07. The van der Waals surface area contributed by atoms with Crippen LogP contribution < -0.4 is 9.64 Å². The predicted octanol–water partition coefficient (Wildman–Crippen LogP) is 3.59. The molecule has 0 aliphatic carbocycles. The van der Waals surface area contributed by atoms with E-state index < -0.39 is 0 Å². The quantitative estimate of drug-likeness (QED) is 0.696. The molecule has 0 N–H and O–H groups in total. The molecule has 1 aromatic carbocycles. The number of halogens is 1. The highest BCUT2D eigenvalue weighted by atomic mass is 35.5. The van der Waals surface area contributed by atoms with Crippen molar-refractivity contribution in [1.82, 2.24) is 19.8 Å². The van der Waals surface area contributed by atoms with Crippen LogP contribution in [0.2, 0.25) is 5.02 Å². The third-order valence-electron chi connectivity index (χ3n) is 3.82. The van der Waals surface area contributed by atoms with Crippen molar-refractivity contribution in [1.29, 1.82) is 0 Å². The molecule has 0 amide bonds. The van der Waals surface area contributed by atoms with E-state index in [1.807, 2.05) is 52.9 Å². The first-order valence-electron chi connectivity index (χ1n) is 8.17. The molecule has 0 bridgehead atoms. The molecule has 132 valence electrons. The fourth-order valence-electron chi connectivity index (χ4n) is 2.40. The maximum atomic E-state index is 5.87. The number of anilines is 1. The SMILES string of the molecule is CN(CCOc1ccc(Cl)cc1)c1ccc2nnc(C(C)(C)C)n2n1. The molecular weight excluding hydrogens is 338 g/mol. The average Bonchev–Trinajstić information content (AvgIpc) is 3.00. The van der Waals surface area contributed by atoms with Crippen LogP contribution in [0.4, 0.5) is 5.82 Å². The highest BCUT2D eigenvalue weighted by Gasteiger charge is 2.22. The fourth-order valence-corrected chi connectivity index (χ4v) is 2.52. The number of fused-ring (bicyclic) bond motifs is 1. The van der Waals surface area contributed by atoms with Gasteiger partial charge in [-0.2, -0.15) is 4.52 Å². The lowest BCUT2D eigenvalue weighted by molar-refractivity contribution is 0.325. The Morgan fingerprint density at radius 1 is 1.08 bits per heavy atom. The van der Waals surface area contributed by atoms with Crippen LogP contribution in [0.1, 0.15) is 26.6 Å². The van der Waals surface area contributed by atoms with E-state index in [-0.39, 0.29) is 5.41 Å². The normalized spacial score (nSPS) is 11.7. The lowest BCUT2D eigenvalue weighted by Gasteiger charge is -2.19. The zero-order valence-electron chi connectivity index (χ0n) is 14.9. The second-order valence-electron chi connectivity index (χ2n) is 6.96. The van der Waals surface area contributed by atoms with Crippen LogP contribution >= 0.6 is 11.6 Å². The summed E-state index contributed by atoms with van der Waals surface area (Å²) in [7, 11) is 1.99. The monoisotopic (exact) mass is 359 g/mol. The predicted molar refractivity (Wildman–Crippen MR) is 99.7 cm³/mol. The summed E-state index contributed by atoms with van der Waals surface area (Å²) in [6.07, 6.45) is 0. The van der Waals surface area contributed by atoms with Gasteiger partial charge in [-0.1, -0.05) is 32.4 Å². The van der Waals surface area contributed by atoms with Gasteiger partial charge in [0, 0.05) is 17.5 Å². The zero-order valence-corrected chi connectivity index (χ0v) is 15.7. The van der Waals surface area contributed by atoms with Crippen molar-refractivity contribution in [2.24, 2.45) is 0 Å². The molecule has 0 saturated heterocycles. The fraction of sp³-hybridized carbons (Fsp3) is 0.389. The van der Waals surface area contributed by atoms with Crippen LogP contribution in [0.15, 0.2) is 36.4 Å². The van der Waals surface area contributed by atoms with Crippen LogP contribution in [0.25, 0.3) is 5.65 Å². The number of rotatable bonds is 5. The van der Waals surface area contributed by atoms with Crippen LogP contribution in [-0.2, 0) is 5.41 Å². The molecule has 0 fully saturated rings. The summed E-state index contributed by atoms with van der Waals surface area (Å²) in [6, 6.07) is 11.2. The molecule has 0 saturated carbocycles. The van der Waals surface area contributed by atoms with Gasteiger partial charge >= 0.3 is 0 Å². The first kappa shape index (κ1) is 17.5. The molecule has 3 aromatic rings. The summed E-state index contributed by atoms with van der Waals surface area (Å²) in [5, 5.41) is 13.8. The Balaban J connectivity index is 1.69. The van der Waals surface area contributed by atoms with Crippen molar-refractivity contribution in [2.45, 2.75) is 26.2 Å². The minimum atomic E-state index is -0.124. The summed E-state index contributed by atoms with van der Waals surface area (Å²) >= 11 is 5.87. The second kappa shape index (κ2) is 6.88. The summed E-state index contributed by atoms with van der Waals surface area (Å²) in [5.74, 6) is 2.49. The minimum Gasteiger partial charge on any atom is -0.492 e. The Bertz CT molecular complexity index is 854. The molecule has 0 atom stereocenters. The van der Waals surface area contributed by atoms with Crippen LogP contribution in [0.5, 0.6) is 5.75 Å². The number of ether oxygens (including phenoxy) is 1. The molecule has 0 aliphatic rings. The summed E-state index contributed by atoms with van der Waals surface area (Å²) in [5.41, 5.74) is 0.626. The Labute approximate surface area is 152 Å². The van der Waals surface area contributed by atoms with E-state index in [9.17, 15) is 0 Å². The van der Waals surface area contributed by atoms with Gasteiger partial charge in [0.05, 0.1) is 6.54 Å². The van der Waals surface area contributed by atoms with E-state index >= 15 is 0 Å². The second-order valence-corrected chi connectivity index (χ2v) is 7.40. The minimum absolute atomic E-state index is 0.124. The van der Waals surface area contributed by atoms with Crippen molar-refractivity contribution in [2.75, 3.05) is 25.1 Å². The molecule has 0 radical (unpaired) electrons. The van der Waals surface area contributed by atoms with Gasteiger partial charge in [-0.25, -0.2) is 0 Å². The first-order chi connectivity index (χ1) is 11.8. The van der Waals surface area contributed by atoms with Crippen molar-refractivity contribution in [3.05, 3.63) is 47.2 Å². The van der Waals surface area contributed by atoms with E-state index in [2.05, 4.69) is 36.1 Å². The summed E-state index contributed by atoms with van der Waals surface area (Å²) < 4.78 is 7.56. The van der Waals surface area contributed by atoms with Gasteiger partial charge in [0.1, 0.15) is 18.2 Å². The standard InChI is InChI=1S/C18H22ClN5O/c1-18(2,3)17-21-20-15-9-10-16(22-24(15)17)23(4)11-12-25-14-7-5-13(19)6-8-14/h5-10H,11-12H2,1-4H3. The number of aromatic nitrogens is 4. The van der Waals surface area contributed by atoms with Crippen molar-refractivity contribution in [3.63, 3.8) is 0 Å². The van der Waals surface area contributed by atoms with E-state index in [4.69, 9.17) is 16.3 Å². The Hall–Kier alpha value is -2.34. The van der Waals surface area contributed by atoms with Crippen LogP contribution in [0, 0.1) is 0 Å². The van der Waals surface area contributed by atoms with Gasteiger partial charge in [0.25, 0.3) is 0 Å². The topological polar surface area (TPSA) is 55.5 Å². The van der Waals surface area contributed by atoms with E-state index in [1.54, 1.807) is 0 Å². The lowest BCUT2D eigenvalue weighted by atomic mass is 9.96. The first-order valence-corrected chi connectivity index (χ1v) is 8.55. The van der Waals surface area contributed by atoms with Crippen molar-refractivity contribution >= 4 is 23.1 Å². The van der Waals surface area contributed by atoms with E-state index in [0.29, 0.717) is 18.2 Å². The largest absolute Gasteiger partial charge is 0.492 e. The molecular formula is C18H22ClN5O. The maximum absolute atomic E-state index is 5.87. The zero-order chi connectivity index (χ0) is 18.0. The Kier molecular flexibility index (Phi) is 4.81. The molecule has 0 spiro atoms. The highest BCUT2D eigenvalue weighted by molar-refractivity contribution is 6.30. The number of benzene rings is 1. The van der Waals surface area contributed by atoms with Gasteiger partial charge in [-0.3, -0.25) is 0 Å².